The molecule has 1 aromatic heterocycles. The average Bonchev–Trinajstić information content (AvgIpc) is 2.39. The molecule has 1 aromatic rings. The van der Waals surface area contributed by atoms with Crippen LogP contribution in [0.15, 0.2) is 18.3 Å². The van der Waals surface area contributed by atoms with Crippen molar-refractivity contribution in [3.05, 3.63) is 18.3 Å². The largest absolute Gasteiger partial charge is 0.379 e. The fourth-order valence-corrected chi connectivity index (χ4v) is 2.33. The molecule has 2 heterocycles. The molecule has 1 fully saturated rings. The van der Waals surface area contributed by atoms with Crippen molar-refractivity contribution in [3.8, 4) is 0 Å². The van der Waals surface area contributed by atoms with Gasteiger partial charge >= 0.3 is 6.03 Å². The van der Waals surface area contributed by atoms with Gasteiger partial charge in [-0.15, -0.1) is 0 Å². The molecular weight excluding hydrogens is 242 g/mol. The van der Waals surface area contributed by atoms with Gasteiger partial charge in [-0.3, -0.25) is 0 Å². The van der Waals surface area contributed by atoms with Gasteiger partial charge in [0.2, 0.25) is 0 Å². The first kappa shape index (κ1) is 13.5. The van der Waals surface area contributed by atoms with Crippen LogP contribution in [0.3, 0.4) is 0 Å². The van der Waals surface area contributed by atoms with E-state index in [1.807, 2.05) is 31.1 Å². The van der Waals surface area contributed by atoms with Crippen molar-refractivity contribution in [2.24, 2.45) is 5.73 Å². The van der Waals surface area contributed by atoms with Crippen LogP contribution in [-0.2, 0) is 0 Å². The van der Waals surface area contributed by atoms with Gasteiger partial charge in [0.15, 0.2) is 5.82 Å². The van der Waals surface area contributed by atoms with Crippen LogP contribution in [-0.4, -0.2) is 49.1 Å². The lowest BCUT2D eigenvalue weighted by atomic mass is 10.1. The molecule has 0 aliphatic carbocycles. The SMILES string of the molecule is CN(C)c1ncccc1NC1CCN(C(N)=O)CC1. The Kier molecular flexibility index (Phi) is 4.09. The minimum absolute atomic E-state index is 0.325. The fourth-order valence-electron chi connectivity index (χ4n) is 2.33. The molecule has 0 unspecified atom stereocenters. The molecule has 1 aliphatic rings. The number of likely N-dealkylation sites (tertiary alicyclic amines) is 1. The molecule has 6 heteroatoms. The molecule has 0 saturated carbocycles. The lowest BCUT2D eigenvalue weighted by Crippen LogP contribution is -2.44. The zero-order valence-corrected chi connectivity index (χ0v) is 11.5. The minimum Gasteiger partial charge on any atom is -0.379 e. The summed E-state index contributed by atoms with van der Waals surface area (Å²) in [6.07, 6.45) is 3.60. The number of primary amides is 1. The quantitative estimate of drug-likeness (QED) is 0.856. The lowest BCUT2D eigenvalue weighted by molar-refractivity contribution is 0.193. The summed E-state index contributed by atoms with van der Waals surface area (Å²) in [6.45, 7) is 1.43. The first-order chi connectivity index (χ1) is 9.08. The van der Waals surface area contributed by atoms with Gasteiger partial charge < -0.3 is 20.9 Å². The molecular formula is C13H21N5O. The number of anilines is 2. The summed E-state index contributed by atoms with van der Waals surface area (Å²) < 4.78 is 0. The van der Waals surface area contributed by atoms with Gasteiger partial charge in [-0.1, -0.05) is 0 Å². The Hall–Kier alpha value is -1.98. The van der Waals surface area contributed by atoms with Crippen LogP contribution in [0.25, 0.3) is 0 Å². The second-order valence-corrected chi connectivity index (χ2v) is 5.01. The van der Waals surface area contributed by atoms with E-state index >= 15 is 0 Å². The predicted molar refractivity (Wildman–Crippen MR) is 76.4 cm³/mol. The molecule has 1 aliphatic heterocycles. The van der Waals surface area contributed by atoms with E-state index in [-0.39, 0.29) is 6.03 Å². The smallest absolute Gasteiger partial charge is 0.314 e. The van der Waals surface area contributed by atoms with Crippen molar-refractivity contribution < 1.29 is 4.79 Å². The number of hydrogen-bond acceptors (Lipinski definition) is 4. The Morgan fingerprint density at radius 1 is 1.47 bits per heavy atom. The number of pyridine rings is 1. The van der Waals surface area contributed by atoms with E-state index in [2.05, 4.69) is 10.3 Å². The predicted octanol–water partition coefficient (Wildman–Crippen LogP) is 1.10. The fraction of sp³-hybridized carbons (Fsp3) is 0.538. The van der Waals surface area contributed by atoms with Gasteiger partial charge in [-0.25, -0.2) is 9.78 Å². The normalized spacial score (nSPS) is 16.2. The lowest BCUT2D eigenvalue weighted by Gasteiger charge is -2.32. The van der Waals surface area contributed by atoms with Gasteiger partial charge in [0.1, 0.15) is 0 Å². The highest BCUT2D eigenvalue weighted by Gasteiger charge is 2.21. The van der Waals surface area contributed by atoms with E-state index < -0.39 is 0 Å². The van der Waals surface area contributed by atoms with Crippen LogP contribution >= 0.6 is 0 Å². The number of urea groups is 1. The zero-order chi connectivity index (χ0) is 13.8. The average molecular weight is 263 g/mol. The number of rotatable bonds is 3. The number of carbonyl (C=O) groups excluding carboxylic acids is 1. The van der Waals surface area contributed by atoms with Crippen LogP contribution in [0.1, 0.15) is 12.8 Å². The van der Waals surface area contributed by atoms with Crippen LogP contribution in [0.4, 0.5) is 16.3 Å². The molecule has 2 amide bonds. The van der Waals surface area contributed by atoms with Gasteiger partial charge in [0.25, 0.3) is 0 Å². The molecule has 6 nitrogen and oxygen atoms in total. The molecule has 1 saturated heterocycles. The molecule has 0 atom stereocenters. The van der Waals surface area contributed by atoms with E-state index in [0.717, 1.165) is 24.3 Å². The highest BCUT2D eigenvalue weighted by molar-refractivity contribution is 5.72. The van der Waals surface area contributed by atoms with E-state index in [9.17, 15) is 4.79 Å². The Morgan fingerprint density at radius 3 is 2.74 bits per heavy atom. The van der Waals surface area contributed by atoms with Crippen LogP contribution in [0.5, 0.6) is 0 Å². The van der Waals surface area contributed by atoms with E-state index in [0.29, 0.717) is 19.1 Å². The Bertz CT molecular complexity index is 440. The monoisotopic (exact) mass is 263 g/mol. The third-order valence-corrected chi connectivity index (χ3v) is 3.38. The number of hydrogen-bond donors (Lipinski definition) is 2. The Balaban J connectivity index is 1.98. The number of nitrogens with zero attached hydrogens (tertiary/aromatic N) is 3. The van der Waals surface area contributed by atoms with Crippen molar-refractivity contribution in [1.29, 1.82) is 0 Å². The van der Waals surface area contributed by atoms with E-state index in [1.165, 1.54) is 0 Å². The van der Waals surface area contributed by atoms with Crippen molar-refractivity contribution >= 4 is 17.5 Å². The number of piperidine rings is 1. The summed E-state index contributed by atoms with van der Waals surface area (Å²) in [5, 5.41) is 3.51. The van der Waals surface area contributed by atoms with E-state index in [4.69, 9.17) is 5.73 Å². The molecule has 3 N–H and O–H groups in total. The number of amides is 2. The van der Waals surface area contributed by atoms with Crippen LogP contribution < -0.4 is 16.0 Å². The molecule has 19 heavy (non-hydrogen) atoms. The number of nitrogens with one attached hydrogen (secondary N) is 1. The van der Waals surface area contributed by atoms with Crippen LogP contribution in [0, 0.1) is 0 Å². The maximum absolute atomic E-state index is 11.1. The maximum atomic E-state index is 11.1. The third kappa shape index (κ3) is 3.27. The highest BCUT2D eigenvalue weighted by atomic mass is 16.2. The summed E-state index contributed by atoms with van der Waals surface area (Å²) >= 11 is 0. The molecule has 0 bridgehead atoms. The third-order valence-electron chi connectivity index (χ3n) is 3.38. The molecule has 0 aromatic carbocycles. The van der Waals surface area contributed by atoms with Gasteiger partial charge in [0.05, 0.1) is 5.69 Å². The van der Waals surface area contributed by atoms with Gasteiger partial charge in [0, 0.05) is 39.4 Å². The molecule has 104 valence electrons. The second-order valence-electron chi connectivity index (χ2n) is 5.01. The first-order valence-corrected chi connectivity index (χ1v) is 6.51. The van der Waals surface area contributed by atoms with Gasteiger partial charge in [-0.2, -0.15) is 0 Å². The molecule has 0 radical (unpaired) electrons. The van der Waals surface area contributed by atoms with Crippen molar-refractivity contribution in [1.82, 2.24) is 9.88 Å². The molecule has 2 rings (SSSR count). The van der Waals surface area contributed by atoms with E-state index in [1.54, 1.807) is 11.1 Å². The summed E-state index contributed by atoms with van der Waals surface area (Å²) in [7, 11) is 3.95. The standard InChI is InChI=1S/C13H21N5O/c1-17(2)12-11(4-3-7-15-12)16-10-5-8-18(9-6-10)13(14)19/h3-4,7,10,16H,5-6,8-9H2,1-2H3,(H2,14,19). The topological polar surface area (TPSA) is 74.5 Å². The maximum Gasteiger partial charge on any atom is 0.314 e. The number of aromatic nitrogens is 1. The zero-order valence-electron chi connectivity index (χ0n) is 11.5. The Labute approximate surface area is 113 Å². The second kappa shape index (κ2) is 5.77. The Morgan fingerprint density at radius 2 is 2.16 bits per heavy atom. The number of nitrogens with two attached hydrogens (primary N) is 1. The van der Waals surface area contributed by atoms with Crippen molar-refractivity contribution in [3.63, 3.8) is 0 Å². The van der Waals surface area contributed by atoms with Crippen LogP contribution in [0.2, 0.25) is 0 Å². The van der Waals surface area contributed by atoms with Crippen molar-refractivity contribution in [2.75, 3.05) is 37.4 Å². The summed E-state index contributed by atoms with van der Waals surface area (Å²) in [4.78, 5) is 19.1. The summed E-state index contributed by atoms with van der Waals surface area (Å²) in [6, 6.07) is 3.99. The first-order valence-electron chi connectivity index (χ1n) is 6.51. The van der Waals surface area contributed by atoms with Crippen molar-refractivity contribution in [2.45, 2.75) is 18.9 Å². The summed E-state index contributed by atoms with van der Waals surface area (Å²) in [5.74, 6) is 0.930. The minimum atomic E-state index is -0.325. The highest BCUT2D eigenvalue weighted by Crippen LogP contribution is 2.23. The number of carbonyl (C=O) groups is 1. The molecule has 0 spiro atoms. The van der Waals surface area contributed by atoms with Gasteiger partial charge in [-0.05, 0) is 25.0 Å². The summed E-state index contributed by atoms with van der Waals surface area (Å²) in [5.41, 5.74) is 6.31.